The number of hydrogen-bond donors (Lipinski definition) is 0. The van der Waals surface area contributed by atoms with Gasteiger partial charge in [0.1, 0.15) is 5.75 Å². The predicted molar refractivity (Wildman–Crippen MR) is 51.6 cm³/mol. The number of hydrogen-bond acceptors (Lipinski definition) is 4. The number of carbonyl (C=O) groups is 1. The van der Waals surface area contributed by atoms with E-state index >= 15 is 0 Å². The molecule has 5 nitrogen and oxygen atoms in total. The highest BCUT2D eigenvalue weighted by molar-refractivity contribution is 7.91. The second-order valence-corrected chi connectivity index (χ2v) is 5.45. The fourth-order valence-corrected chi connectivity index (χ4v) is 1.82. The van der Waals surface area contributed by atoms with Gasteiger partial charge < -0.3 is 0 Å². The van der Waals surface area contributed by atoms with Gasteiger partial charge in [0.15, 0.2) is 15.6 Å². The van der Waals surface area contributed by atoms with Gasteiger partial charge in [-0.2, -0.15) is 5.10 Å². The van der Waals surface area contributed by atoms with Gasteiger partial charge in [0.25, 0.3) is 0 Å². The van der Waals surface area contributed by atoms with Crippen LogP contribution in [0.2, 0.25) is 0 Å². The van der Waals surface area contributed by atoms with Gasteiger partial charge in [-0.3, -0.25) is 9.48 Å². The van der Waals surface area contributed by atoms with Crippen molar-refractivity contribution in [3.8, 4) is 0 Å². The van der Waals surface area contributed by atoms with Crippen molar-refractivity contribution in [3.05, 3.63) is 18.0 Å². The summed E-state index contributed by atoms with van der Waals surface area (Å²) in [4.78, 5) is 11.2. The normalized spacial score (nSPS) is 11.6. The number of aromatic nitrogens is 2. The average molecular weight is 216 g/mol. The highest BCUT2D eigenvalue weighted by Crippen LogP contribution is 1.99. The fourth-order valence-electron chi connectivity index (χ4n) is 1.13. The first-order chi connectivity index (χ1) is 6.37. The van der Waals surface area contributed by atoms with Crippen LogP contribution in [0.3, 0.4) is 0 Å². The Kier molecular flexibility index (Phi) is 3.05. The minimum absolute atomic E-state index is 0.126. The molecule has 1 aromatic heterocycles. The number of nitrogens with zero attached hydrogens (tertiary/aromatic N) is 2. The number of ketones is 1. The molecule has 0 aliphatic carbocycles. The van der Waals surface area contributed by atoms with E-state index in [1.165, 1.54) is 0 Å². The van der Waals surface area contributed by atoms with Crippen LogP contribution in [0.1, 0.15) is 5.56 Å². The Morgan fingerprint density at radius 1 is 1.57 bits per heavy atom. The van der Waals surface area contributed by atoms with Crippen LogP contribution < -0.4 is 0 Å². The van der Waals surface area contributed by atoms with Gasteiger partial charge in [0, 0.05) is 25.9 Å². The lowest BCUT2D eigenvalue weighted by Crippen LogP contribution is -2.16. The lowest BCUT2D eigenvalue weighted by atomic mass is 10.2. The molecule has 0 saturated heterocycles. The first kappa shape index (κ1) is 10.9. The summed E-state index contributed by atoms with van der Waals surface area (Å²) in [6, 6.07) is 0. The van der Waals surface area contributed by atoms with Gasteiger partial charge in [-0.25, -0.2) is 8.42 Å². The SMILES string of the molecule is Cn1cc(CC(=O)CS(C)(=O)=O)cn1. The standard InChI is InChI=1S/C8H12N2O3S/c1-10-5-7(4-9-10)3-8(11)6-14(2,12)13/h4-5H,3,6H2,1-2H3. The van der Waals surface area contributed by atoms with Crippen molar-refractivity contribution in [3.63, 3.8) is 0 Å². The van der Waals surface area contributed by atoms with Gasteiger partial charge >= 0.3 is 0 Å². The molecule has 6 heteroatoms. The molecule has 0 atom stereocenters. The highest BCUT2D eigenvalue weighted by atomic mass is 32.2. The molecule has 0 aliphatic heterocycles. The molecule has 0 saturated carbocycles. The molecule has 0 radical (unpaired) electrons. The molecule has 0 unspecified atom stereocenters. The zero-order valence-electron chi connectivity index (χ0n) is 8.10. The summed E-state index contributed by atoms with van der Waals surface area (Å²) in [6.45, 7) is 0. The van der Waals surface area contributed by atoms with Crippen molar-refractivity contribution in [1.29, 1.82) is 0 Å². The first-order valence-corrected chi connectivity index (χ1v) is 6.10. The average Bonchev–Trinajstić information content (AvgIpc) is 2.30. The molecule has 0 spiro atoms. The van der Waals surface area contributed by atoms with Crippen molar-refractivity contribution < 1.29 is 13.2 Å². The molecular formula is C8H12N2O3S. The van der Waals surface area contributed by atoms with Crippen LogP contribution in [0.5, 0.6) is 0 Å². The molecule has 78 valence electrons. The summed E-state index contributed by atoms with van der Waals surface area (Å²) in [6.07, 6.45) is 4.43. The van der Waals surface area contributed by atoms with E-state index in [1.807, 2.05) is 0 Å². The Morgan fingerprint density at radius 2 is 2.21 bits per heavy atom. The van der Waals surface area contributed by atoms with Crippen molar-refractivity contribution in [2.45, 2.75) is 6.42 Å². The third-order valence-corrected chi connectivity index (χ3v) is 2.43. The highest BCUT2D eigenvalue weighted by Gasteiger charge is 2.12. The summed E-state index contributed by atoms with van der Waals surface area (Å²) in [5.41, 5.74) is 0.737. The van der Waals surface area contributed by atoms with Crippen molar-refractivity contribution >= 4 is 15.6 Å². The molecule has 0 aromatic carbocycles. The molecule has 1 aromatic rings. The summed E-state index contributed by atoms with van der Waals surface area (Å²) >= 11 is 0. The van der Waals surface area contributed by atoms with Crippen molar-refractivity contribution in [1.82, 2.24) is 9.78 Å². The monoisotopic (exact) mass is 216 g/mol. The maximum atomic E-state index is 11.2. The van der Waals surface area contributed by atoms with Gasteiger partial charge in [0.05, 0.1) is 6.20 Å². The van der Waals surface area contributed by atoms with Crippen LogP contribution in [-0.2, 0) is 28.1 Å². The Bertz CT molecular complexity index is 433. The molecule has 1 rings (SSSR count). The van der Waals surface area contributed by atoms with Gasteiger partial charge in [-0.15, -0.1) is 0 Å². The zero-order valence-corrected chi connectivity index (χ0v) is 8.91. The van der Waals surface area contributed by atoms with Crippen LogP contribution in [0.4, 0.5) is 0 Å². The first-order valence-electron chi connectivity index (χ1n) is 4.04. The molecule has 0 aliphatic rings. The van der Waals surface area contributed by atoms with Crippen molar-refractivity contribution in [2.75, 3.05) is 12.0 Å². The number of carbonyl (C=O) groups excluding carboxylic acids is 1. The quantitative estimate of drug-likeness (QED) is 0.685. The smallest absolute Gasteiger partial charge is 0.154 e. The fraction of sp³-hybridized carbons (Fsp3) is 0.500. The molecule has 1 heterocycles. The number of sulfone groups is 1. The molecule has 0 fully saturated rings. The summed E-state index contributed by atoms with van der Waals surface area (Å²) in [5.74, 6) is -0.706. The van der Waals surface area contributed by atoms with Crippen molar-refractivity contribution in [2.24, 2.45) is 7.05 Å². The van der Waals surface area contributed by atoms with Gasteiger partial charge in [0.2, 0.25) is 0 Å². The van der Waals surface area contributed by atoms with E-state index in [4.69, 9.17) is 0 Å². The maximum Gasteiger partial charge on any atom is 0.154 e. The van der Waals surface area contributed by atoms with E-state index < -0.39 is 15.6 Å². The van der Waals surface area contributed by atoms with Gasteiger partial charge in [-0.05, 0) is 5.56 Å². The second-order valence-electron chi connectivity index (χ2n) is 3.31. The Labute approximate surface area is 82.7 Å². The molecule has 0 N–H and O–H groups in total. The predicted octanol–water partition coefficient (Wildman–Crippen LogP) is -0.424. The van der Waals surface area contributed by atoms with Crippen LogP contribution >= 0.6 is 0 Å². The number of Topliss-reactive ketones (excluding diaryl/α,β-unsaturated/α-hetero) is 1. The minimum Gasteiger partial charge on any atom is -0.298 e. The molecule has 0 bridgehead atoms. The Balaban J connectivity index is 2.58. The second kappa shape index (κ2) is 3.91. The third-order valence-electron chi connectivity index (χ3n) is 1.58. The summed E-state index contributed by atoms with van der Waals surface area (Å²) < 4.78 is 23.2. The van der Waals surface area contributed by atoms with Crippen LogP contribution in [-0.4, -0.2) is 36.0 Å². The minimum atomic E-state index is -3.21. The molecule has 0 amide bonds. The van der Waals surface area contributed by atoms with Crippen LogP contribution in [0, 0.1) is 0 Å². The zero-order chi connectivity index (χ0) is 10.8. The van der Waals surface area contributed by atoms with E-state index in [2.05, 4.69) is 5.10 Å². The summed E-state index contributed by atoms with van der Waals surface area (Å²) in [5, 5.41) is 3.88. The number of rotatable bonds is 4. The number of aryl methyl sites for hydroxylation is 1. The Morgan fingerprint density at radius 3 is 2.64 bits per heavy atom. The topological polar surface area (TPSA) is 69.0 Å². The van der Waals surface area contributed by atoms with Crippen LogP contribution in [0.15, 0.2) is 12.4 Å². The van der Waals surface area contributed by atoms with E-state index in [9.17, 15) is 13.2 Å². The van der Waals surface area contributed by atoms with E-state index in [1.54, 1.807) is 24.1 Å². The lowest BCUT2D eigenvalue weighted by molar-refractivity contribution is -0.116. The van der Waals surface area contributed by atoms with E-state index in [0.29, 0.717) is 0 Å². The summed E-state index contributed by atoms with van der Waals surface area (Å²) in [7, 11) is -1.47. The maximum absolute atomic E-state index is 11.2. The van der Waals surface area contributed by atoms with Crippen LogP contribution in [0.25, 0.3) is 0 Å². The van der Waals surface area contributed by atoms with E-state index in [-0.39, 0.29) is 12.2 Å². The third kappa shape index (κ3) is 3.69. The molecular weight excluding hydrogens is 204 g/mol. The van der Waals surface area contributed by atoms with E-state index in [0.717, 1.165) is 11.8 Å². The lowest BCUT2D eigenvalue weighted by Gasteiger charge is -1.95. The van der Waals surface area contributed by atoms with Gasteiger partial charge in [-0.1, -0.05) is 0 Å². The molecule has 14 heavy (non-hydrogen) atoms. The largest absolute Gasteiger partial charge is 0.298 e. The Hall–Kier alpha value is -1.17.